The van der Waals surface area contributed by atoms with E-state index in [0.29, 0.717) is 41.3 Å². The Labute approximate surface area is 207 Å². The number of aryl methyl sites for hydroxylation is 1. The smallest absolute Gasteiger partial charge is 0.282 e. The number of benzene rings is 1. The van der Waals surface area contributed by atoms with Gasteiger partial charge in [-0.1, -0.05) is 0 Å². The Kier molecular flexibility index (Phi) is 5.55. The second-order valence-electron chi connectivity index (χ2n) is 9.80. The number of nitrogens with zero attached hydrogens (tertiary/aromatic N) is 6. The van der Waals surface area contributed by atoms with Gasteiger partial charge in [0.05, 0.1) is 17.5 Å². The van der Waals surface area contributed by atoms with Gasteiger partial charge in [0, 0.05) is 54.4 Å². The van der Waals surface area contributed by atoms with Crippen LogP contribution in [-0.2, 0) is 10.2 Å². The van der Waals surface area contributed by atoms with E-state index in [1.165, 1.54) is 16.4 Å². The minimum atomic E-state index is -3.58. The first-order valence-electron chi connectivity index (χ1n) is 12.0. The molecular formula is C23H26FN9O2S. The Hall–Kier alpha value is -3.34. The number of nitrogens with one attached hydrogen (secondary N) is 3. The predicted octanol–water partition coefficient (Wildman–Crippen LogP) is 2.65. The van der Waals surface area contributed by atoms with E-state index in [1.807, 2.05) is 13.0 Å². The Morgan fingerprint density at radius 2 is 1.92 bits per heavy atom. The van der Waals surface area contributed by atoms with Gasteiger partial charge < -0.3 is 10.6 Å². The van der Waals surface area contributed by atoms with Crippen molar-refractivity contribution in [3.63, 3.8) is 0 Å². The van der Waals surface area contributed by atoms with Crippen molar-refractivity contribution < 1.29 is 12.8 Å². The standard InChI is InChI=1S/C23H26FN9O2S/c1-13-6-21(31-30-13)28-22-19-5-2-15(24)7-20(19)27-23(29-22)26-16-8-17-3-4-18(9-16)33(17)36(34,35)32-11-14(10-25)12-32/h2,5-7,14,16-18H,3-4,8-9,11-12H2,1H3,(H3,26,27,28,29,30,31)/t16-,17-,18+. The van der Waals surface area contributed by atoms with Crippen molar-refractivity contribution in [2.75, 3.05) is 23.7 Å². The van der Waals surface area contributed by atoms with Crippen molar-refractivity contribution in [3.8, 4) is 6.07 Å². The number of piperidine rings is 1. The summed E-state index contributed by atoms with van der Waals surface area (Å²) in [7, 11) is -3.58. The molecule has 3 aliphatic rings. The largest absolute Gasteiger partial charge is 0.351 e. The molecule has 6 rings (SSSR count). The van der Waals surface area contributed by atoms with E-state index >= 15 is 0 Å². The second-order valence-corrected chi connectivity index (χ2v) is 11.6. The van der Waals surface area contributed by atoms with Gasteiger partial charge in [0.2, 0.25) is 5.95 Å². The maximum atomic E-state index is 14.0. The fourth-order valence-electron chi connectivity index (χ4n) is 5.52. The van der Waals surface area contributed by atoms with E-state index in [9.17, 15) is 12.8 Å². The maximum Gasteiger partial charge on any atom is 0.282 e. The summed E-state index contributed by atoms with van der Waals surface area (Å²) in [6, 6.07) is 8.08. The van der Waals surface area contributed by atoms with Crippen LogP contribution in [0.3, 0.4) is 0 Å². The van der Waals surface area contributed by atoms with Crippen LogP contribution < -0.4 is 10.6 Å². The second kappa shape index (κ2) is 8.65. The molecule has 0 spiro atoms. The Morgan fingerprint density at radius 1 is 1.17 bits per heavy atom. The third-order valence-electron chi connectivity index (χ3n) is 7.23. The fraction of sp³-hybridized carbons (Fsp3) is 0.478. The first-order chi connectivity index (χ1) is 17.3. The summed E-state index contributed by atoms with van der Waals surface area (Å²) in [5, 5.41) is 23.3. The summed E-state index contributed by atoms with van der Waals surface area (Å²) in [6.07, 6.45) is 2.84. The van der Waals surface area contributed by atoms with Crippen molar-refractivity contribution in [2.24, 2.45) is 5.92 Å². The minimum absolute atomic E-state index is 0.0244. The number of nitriles is 1. The molecule has 2 bridgehead atoms. The fourth-order valence-corrected chi connectivity index (χ4v) is 7.66. The zero-order chi connectivity index (χ0) is 25.0. The molecule has 11 nitrogen and oxygen atoms in total. The van der Waals surface area contributed by atoms with Gasteiger partial charge in [-0.25, -0.2) is 9.37 Å². The summed E-state index contributed by atoms with van der Waals surface area (Å²) in [6.45, 7) is 2.43. The van der Waals surface area contributed by atoms with Crippen LogP contribution in [0.5, 0.6) is 0 Å². The molecule has 188 valence electrons. The first kappa shape index (κ1) is 23.1. The molecule has 1 aromatic carbocycles. The molecule has 3 aromatic rings. The van der Waals surface area contributed by atoms with Crippen LogP contribution in [-0.4, -0.2) is 68.4 Å². The molecular weight excluding hydrogens is 485 g/mol. The lowest BCUT2D eigenvalue weighted by Crippen LogP contribution is -2.59. The lowest BCUT2D eigenvalue weighted by atomic mass is 10.00. The highest BCUT2D eigenvalue weighted by atomic mass is 32.2. The Morgan fingerprint density at radius 3 is 2.58 bits per heavy atom. The number of H-pyrrole nitrogens is 1. The number of hydrogen-bond donors (Lipinski definition) is 3. The van der Waals surface area contributed by atoms with Crippen LogP contribution in [0.2, 0.25) is 0 Å². The molecule has 3 fully saturated rings. The van der Waals surface area contributed by atoms with E-state index < -0.39 is 16.0 Å². The van der Waals surface area contributed by atoms with Crippen LogP contribution in [0.1, 0.15) is 31.4 Å². The van der Waals surface area contributed by atoms with Gasteiger partial charge in [0.25, 0.3) is 10.2 Å². The SMILES string of the molecule is Cc1cc(Nc2nc(N[C@@H]3C[C@H]4CC[C@@H](C3)N4S(=O)(=O)N3CC(C#N)C3)nc3cc(F)ccc23)n[nH]1. The molecule has 0 radical (unpaired) electrons. The monoisotopic (exact) mass is 511 g/mol. The minimum Gasteiger partial charge on any atom is -0.351 e. The van der Waals surface area contributed by atoms with Crippen molar-refractivity contribution in [2.45, 2.75) is 50.7 Å². The quantitative estimate of drug-likeness (QED) is 0.458. The number of fused-ring (bicyclic) bond motifs is 3. The molecule has 5 heterocycles. The van der Waals surface area contributed by atoms with E-state index in [4.69, 9.17) is 5.26 Å². The van der Waals surface area contributed by atoms with Crippen molar-refractivity contribution in [3.05, 3.63) is 35.8 Å². The zero-order valence-corrected chi connectivity index (χ0v) is 20.5. The number of anilines is 3. The van der Waals surface area contributed by atoms with Crippen LogP contribution in [0.25, 0.3) is 10.9 Å². The number of hydrogen-bond acceptors (Lipinski definition) is 8. The summed E-state index contributed by atoms with van der Waals surface area (Å²) < 4.78 is 43.5. The van der Waals surface area contributed by atoms with Crippen molar-refractivity contribution in [1.82, 2.24) is 28.8 Å². The lowest BCUT2D eigenvalue weighted by Gasteiger charge is -2.43. The molecule has 0 unspecified atom stereocenters. The maximum absolute atomic E-state index is 14.0. The van der Waals surface area contributed by atoms with Gasteiger partial charge in [0.1, 0.15) is 11.6 Å². The highest BCUT2D eigenvalue weighted by Crippen LogP contribution is 2.41. The predicted molar refractivity (Wildman–Crippen MR) is 131 cm³/mol. The Balaban J connectivity index is 1.23. The average molecular weight is 512 g/mol. The molecule has 3 saturated heterocycles. The lowest BCUT2D eigenvalue weighted by molar-refractivity contribution is 0.182. The highest BCUT2D eigenvalue weighted by molar-refractivity contribution is 7.86. The number of rotatable bonds is 6. The van der Waals surface area contributed by atoms with Crippen LogP contribution >= 0.6 is 0 Å². The van der Waals surface area contributed by atoms with E-state index in [0.717, 1.165) is 18.5 Å². The first-order valence-corrected chi connectivity index (χ1v) is 13.4. The third-order valence-corrected chi connectivity index (χ3v) is 9.31. The summed E-state index contributed by atoms with van der Waals surface area (Å²) in [5.74, 6) is 0.823. The summed E-state index contributed by atoms with van der Waals surface area (Å²) >= 11 is 0. The third kappa shape index (κ3) is 4.04. The van der Waals surface area contributed by atoms with Crippen molar-refractivity contribution in [1.29, 1.82) is 5.26 Å². The van der Waals surface area contributed by atoms with Crippen molar-refractivity contribution >= 4 is 38.7 Å². The number of aromatic amines is 1. The molecule has 3 aliphatic heterocycles. The molecule has 0 saturated carbocycles. The van der Waals surface area contributed by atoms with Gasteiger partial charge in [0.15, 0.2) is 5.82 Å². The normalized spacial score (nSPS) is 25.0. The van der Waals surface area contributed by atoms with Crippen LogP contribution in [0.4, 0.5) is 22.0 Å². The zero-order valence-electron chi connectivity index (χ0n) is 19.6. The molecule has 2 aromatic heterocycles. The Bertz CT molecular complexity index is 1450. The molecule has 13 heteroatoms. The van der Waals surface area contributed by atoms with Gasteiger partial charge in [-0.05, 0) is 44.7 Å². The van der Waals surface area contributed by atoms with E-state index in [1.54, 1.807) is 10.4 Å². The van der Waals surface area contributed by atoms with Gasteiger partial charge in [-0.3, -0.25) is 5.10 Å². The number of halogens is 1. The summed E-state index contributed by atoms with van der Waals surface area (Å²) in [4.78, 5) is 9.20. The highest BCUT2D eigenvalue weighted by Gasteiger charge is 2.51. The van der Waals surface area contributed by atoms with Crippen LogP contribution in [0, 0.1) is 30.0 Å². The topological polar surface area (TPSA) is 143 Å². The van der Waals surface area contributed by atoms with Gasteiger partial charge in [-0.15, -0.1) is 0 Å². The molecule has 36 heavy (non-hydrogen) atoms. The molecule has 0 aliphatic carbocycles. The number of aromatic nitrogens is 4. The van der Waals surface area contributed by atoms with Crippen LogP contribution in [0.15, 0.2) is 24.3 Å². The van der Waals surface area contributed by atoms with E-state index in [2.05, 4.69) is 36.9 Å². The van der Waals surface area contributed by atoms with Gasteiger partial charge >= 0.3 is 0 Å². The molecule has 3 atom stereocenters. The summed E-state index contributed by atoms with van der Waals surface area (Å²) in [5.41, 5.74) is 1.34. The van der Waals surface area contributed by atoms with E-state index in [-0.39, 0.29) is 37.1 Å². The molecule has 0 amide bonds. The van der Waals surface area contributed by atoms with Gasteiger partial charge in [-0.2, -0.15) is 32.4 Å². The molecule has 3 N–H and O–H groups in total. The average Bonchev–Trinajstić information content (AvgIpc) is 3.33.